The summed E-state index contributed by atoms with van der Waals surface area (Å²) in [6.07, 6.45) is 0.603. The van der Waals surface area contributed by atoms with Crippen LogP contribution in [0, 0.1) is 0 Å². The Kier molecular flexibility index (Phi) is 9.22. The zero-order chi connectivity index (χ0) is 31.2. The predicted octanol–water partition coefficient (Wildman–Crippen LogP) is 5.75. The summed E-state index contributed by atoms with van der Waals surface area (Å²) in [6, 6.07) is 27.9. The Hall–Kier alpha value is -4.94. The number of hydrazone groups is 1. The van der Waals surface area contributed by atoms with E-state index in [0.717, 1.165) is 21.9 Å². The van der Waals surface area contributed by atoms with Crippen LogP contribution in [0.3, 0.4) is 0 Å². The number of amides is 2. The molecule has 2 amide bonds. The molecule has 45 heavy (non-hydrogen) atoms. The lowest BCUT2D eigenvalue weighted by molar-refractivity contribution is -0.130. The van der Waals surface area contributed by atoms with Gasteiger partial charge in [0.05, 0.1) is 48.8 Å². The highest BCUT2D eigenvalue weighted by Crippen LogP contribution is 2.36. The molecule has 0 radical (unpaired) electrons. The van der Waals surface area contributed by atoms with Crippen molar-refractivity contribution in [2.45, 2.75) is 24.2 Å². The van der Waals surface area contributed by atoms with Gasteiger partial charge in [-0.2, -0.15) is 5.10 Å². The van der Waals surface area contributed by atoms with Crippen molar-refractivity contribution in [3.63, 3.8) is 0 Å². The van der Waals surface area contributed by atoms with Crippen molar-refractivity contribution in [3.8, 4) is 17.2 Å². The molecule has 10 nitrogen and oxygen atoms in total. The Labute approximate surface area is 268 Å². The number of thioether (sulfide) groups is 1. The summed E-state index contributed by atoms with van der Waals surface area (Å²) >= 11 is 2.85. The van der Waals surface area contributed by atoms with E-state index in [0.29, 0.717) is 34.4 Å². The molecule has 0 spiro atoms. The lowest BCUT2D eigenvalue weighted by Crippen LogP contribution is -2.28. The molecule has 0 aliphatic carbocycles. The second-order valence-electron chi connectivity index (χ2n) is 10.00. The molecule has 0 saturated heterocycles. The van der Waals surface area contributed by atoms with E-state index < -0.39 is 0 Å². The Morgan fingerprint density at radius 1 is 0.933 bits per heavy atom. The van der Waals surface area contributed by atoms with Gasteiger partial charge in [-0.25, -0.2) is 5.01 Å². The standard InChI is InChI=1S/C33H30N6O4S2/c1-42-24-16-14-22(15-17-24)27-19-25(29-13-8-18-44-29)37-39(27)31(40)21-45-33-36-35-30(20-34-32(41)23-9-4-3-5-10-23)38(33)26-11-6-7-12-28(26)43-2/h3-18,27H,19-21H2,1-2H3,(H,34,41)/t27-/m1/s1. The summed E-state index contributed by atoms with van der Waals surface area (Å²) in [5.74, 6) is 1.52. The van der Waals surface area contributed by atoms with Crippen molar-refractivity contribution in [1.82, 2.24) is 25.1 Å². The summed E-state index contributed by atoms with van der Waals surface area (Å²) in [6.45, 7) is 0.118. The Morgan fingerprint density at radius 3 is 2.44 bits per heavy atom. The average molecular weight is 639 g/mol. The molecule has 228 valence electrons. The maximum absolute atomic E-state index is 13.8. The molecule has 0 fully saturated rings. The number of nitrogens with zero attached hydrogens (tertiary/aromatic N) is 5. The van der Waals surface area contributed by atoms with Gasteiger partial charge in [-0.15, -0.1) is 21.5 Å². The molecule has 5 aromatic rings. The highest BCUT2D eigenvalue weighted by molar-refractivity contribution is 7.99. The molecule has 1 N–H and O–H groups in total. The summed E-state index contributed by atoms with van der Waals surface area (Å²) in [7, 11) is 3.22. The number of aromatic nitrogens is 3. The van der Waals surface area contributed by atoms with Gasteiger partial charge in [0.1, 0.15) is 11.5 Å². The summed E-state index contributed by atoms with van der Waals surface area (Å²) in [4.78, 5) is 27.7. The second-order valence-corrected chi connectivity index (χ2v) is 11.9. The third-order valence-corrected chi connectivity index (χ3v) is 9.10. The van der Waals surface area contributed by atoms with Crippen LogP contribution < -0.4 is 14.8 Å². The van der Waals surface area contributed by atoms with Crippen LogP contribution >= 0.6 is 23.1 Å². The number of thiophene rings is 1. The second kappa shape index (κ2) is 13.8. The Morgan fingerprint density at radius 2 is 1.71 bits per heavy atom. The van der Waals surface area contributed by atoms with Crippen LogP contribution in [0.15, 0.2) is 107 Å². The number of carbonyl (C=O) groups is 2. The van der Waals surface area contributed by atoms with Crippen molar-refractivity contribution >= 4 is 40.6 Å². The van der Waals surface area contributed by atoms with Gasteiger partial charge in [0.25, 0.3) is 11.8 Å². The number of nitrogens with one attached hydrogen (secondary N) is 1. The largest absolute Gasteiger partial charge is 0.497 e. The quantitative estimate of drug-likeness (QED) is 0.184. The number of rotatable bonds is 11. The fourth-order valence-electron chi connectivity index (χ4n) is 5.03. The SMILES string of the molecule is COc1ccc([C@H]2CC(c3cccs3)=NN2C(=O)CSc2nnc(CNC(=O)c3ccccc3)n2-c2ccccc2OC)cc1. The molecule has 0 saturated carbocycles. The van der Waals surface area contributed by atoms with E-state index in [2.05, 4.69) is 15.5 Å². The van der Waals surface area contributed by atoms with Gasteiger partial charge in [-0.3, -0.25) is 14.2 Å². The molecule has 3 aromatic carbocycles. The van der Waals surface area contributed by atoms with Gasteiger partial charge in [0.2, 0.25) is 0 Å². The molecule has 1 aliphatic heterocycles. The molecular weight excluding hydrogens is 609 g/mol. The Balaban J connectivity index is 1.25. The maximum Gasteiger partial charge on any atom is 0.253 e. The molecule has 1 atom stereocenters. The third kappa shape index (κ3) is 6.61. The van der Waals surface area contributed by atoms with Crippen molar-refractivity contribution < 1.29 is 19.1 Å². The molecule has 1 aliphatic rings. The van der Waals surface area contributed by atoms with E-state index in [-0.39, 0.29) is 30.2 Å². The number of hydrogen-bond donors (Lipinski definition) is 1. The van der Waals surface area contributed by atoms with Crippen LogP contribution in [0.2, 0.25) is 0 Å². The molecule has 6 rings (SSSR count). The van der Waals surface area contributed by atoms with E-state index in [1.807, 2.05) is 88.8 Å². The maximum atomic E-state index is 13.8. The number of ether oxygens (including phenoxy) is 2. The first kappa shape index (κ1) is 30.1. The number of hydrogen-bond acceptors (Lipinski definition) is 9. The van der Waals surface area contributed by atoms with Crippen LogP contribution in [0.5, 0.6) is 11.5 Å². The monoisotopic (exact) mass is 638 g/mol. The van der Waals surface area contributed by atoms with Crippen LogP contribution in [0.25, 0.3) is 5.69 Å². The van der Waals surface area contributed by atoms with Gasteiger partial charge in [0.15, 0.2) is 11.0 Å². The summed E-state index contributed by atoms with van der Waals surface area (Å²) in [5, 5.41) is 20.6. The van der Waals surface area contributed by atoms with E-state index in [1.54, 1.807) is 42.7 Å². The van der Waals surface area contributed by atoms with E-state index in [9.17, 15) is 9.59 Å². The first-order chi connectivity index (χ1) is 22.1. The topological polar surface area (TPSA) is 111 Å². The molecule has 12 heteroatoms. The van der Waals surface area contributed by atoms with E-state index in [1.165, 1.54) is 11.8 Å². The molecule has 0 bridgehead atoms. The molecule has 2 aromatic heterocycles. The van der Waals surface area contributed by atoms with E-state index >= 15 is 0 Å². The van der Waals surface area contributed by atoms with Crippen molar-refractivity contribution in [3.05, 3.63) is 118 Å². The normalized spacial score (nSPS) is 14.2. The highest BCUT2D eigenvalue weighted by atomic mass is 32.2. The number of benzene rings is 3. The third-order valence-electron chi connectivity index (χ3n) is 7.27. The van der Waals surface area contributed by atoms with Crippen molar-refractivity contribution in [2.75, 3.05) is 20.0 Å². The zero-order valence-electron chi connectivity index (χ0n) is 24.6. The van der Waals surface area contributed by atoms with Gasteiger partial charge in [0, 0.05) is 12.0 Å². The van der Waals surface area contributed by atoms with Crippen LogP contribution in [-0.4, -0.2) is 57.3 Å². The summed E-state index contributed by atoms with van der Waals surface area (Å²) < 4.78 is 12.8. The minimum absolute atomic E-state index is 0.0670. The van der Waals surface area contributed by atoms with Gasteiger partial charge in [-0.05, 0) is 53.4 Å². The first-order valence-corrected chi connectivity index (χ1v) is 16.0. The number of para-hydroxylation sites is 2. The lowest BCUT2D eigenvalue weighted by Gasteiger charge is -2.22. The Bertz CT molecular complexity index is 1810. The van der Waals surface area contributed by atoms with Gasteiger partial charge < -0.3 is 14.8 Å². The zero-order valence-corrected chi connectivity index (χ0v) is 26.3. The average Bonchev–Trinajstić information content (AvgIpc) is 3.87. The van der Waals surface area contributed by atoms with Crippen LogP contribution in [0.4, 0.5) is 0 Å². The number of carbonyl (C=O) groups excluding carboxylic acids is 2. The van der Waals surface area contributed by atoms with Crippen LogP contribution in [0.1, 0.15) is 39.1 Å². The minimum Gasteiger partial charge on any atom is -0.497 e. The van der Waals surface area contributed by atoms with Crippen molar-refractivity contribution in [2.24, 2.45) is 5.10 Å². The van der Waals surface area contributed by atoms with E-state index in [4.69, 9.17) is 14.6 Å². The minimum atomic E-state index is -0.253. The smallest absolute Gasteiger partial charge is 0.253 e. The predicted molar refractivity (Wildman–Crippen MR) is 174 cm³/mol. The molecule has 3 heterocycles. The van der Waals surface area contributed by atoms with Crippen molar-refractivity contribution in [1.29, 1.82) is 0 Å². The molecular formula is C33H30N6O4S2. The highest BCUT2D eigenvalue weighted by Gasteiger charge is 2.34. The lowest BCUT2D eigenvalue weighted by atomic mass is 10.0. The number of methoxy groups -OCH3 is 2. The van der Waals surface area contributed by atoms with Crippen LogP contribution in [-0.2, 0) is 11.3 Å². The van der Waals surface area contributed by atoms with Gasteiger partial charge >= 0.3 is 0 Å². The fraction of sp³-hybridized carbons (Fsp3) is 0.182. The first-order valence-electron chi connectivity index (χ1n) is 14.2. The summed E-state index contributed by atoms with van der Waals surface area (Å²) in [5.41, 5.74) is 3.08. The van der Waals surface area contributed by atoms with Gasteiger partial charge in [-0.1, -0.05) is 60.3 Å². The fourth-order valence-corrected chi connectivity index (χ4v) is 6.56. The molecule has 0 unspecified atom stereocenters.